The molecule has 3 heteroatoms. The van der Waals surface area contributed by atoms with Gasteiger partial charge in [-0.05, 0) is 13.8 Å². The molecule has 0 aromatic rings. The van der Waals surface area contributed by atoms with Gasteiger partial charge in [0.25, 0.3) is 0 Å². The minimum atomic E-state index is 0.430. The molecule has 1 N–H and O–H groups in total. The fourth-order valence-electron chi connectivity index (χ4n) is 2.01. The van der Waals surface area contributed by atoms with Crippen molar-refractivity contribution in [3.05, 3.63) is 0 Å². The number of hydrogen-bond acceptors (Lipinski definition) is 3. The van der Waals surface area contributed by atoms with Crippen molar-refractivity contribution in [1.82, 2.24) is 10.2 Å². The Bertz CT molecular complexity index is 149. The quantitative estimate of drug-likeness (QED) is 0.602. The Balaban J connectivity index is 1.96. The van der Waals surface area contributed by atoms with Crippen LogP contribution in [-0.2, 0) is 4.74 Å². The topological polar surface area (TPSA) is 24.5 Å². The third-order valence-electron chi connectivity index (χ3n) is 2.74. The summed E-state index contributed by atoms with van der Waals surface area (Å²) in [5, 5.41) is 3.39. The first-order valence-corrected chi connectivity index (χ1v) is 4.86. The third-order valence-corrected chi connectivity index (χ3v) is 2.74. The normalized spacial score (nSPS) is 37.2. The van der Waals surface area contributed by atoms with Crippen LogP contribution in [0.1, 0.15) is 13.8 Å². The molecule has 2 fully saturated rings. The third kappa shape index (κ3) is 1.63. The van der Waals surface area contributed by atoms with Gasteiger partial charge in [-0.3, -0.25) is 4.90 Å². The molecule has 0 spiro atoms. The van der Waals surface area contributed by atoms with E-state index in [1.54, 1.807) is 0 Å². The van der Waals surface area contributed by atoms with Crippen molar-refractivity contribution in [1.29, 1.82) is 0 Å². The molecule has 2 rings (SSSR count). The monoisotopic (exact) mass is 170 g/mol. The molecule has 2 aliphatic rings. The number of rotatable bonds is 1. The summed E-state index contributed by atoms with van der Waals surface area (Å²) in [5.74, 6) is 0. The number of hydrogen-bond donors (Lipinski definition) is 1. The van der Waals surface area contributed by atoms with Gasteiger partial charge in [-0.2, -0.15) is 0 Å². The molecule has 0 saturated carbocycles. The highest BCUT2D eigenvalue weighted by molar-refractivity contribution is 4.85. The van der Waals surface area contributed by atoms with Crippen molar-refractivity contribution in [3.63, 3.8) is 0 Å². The van der Waals surface area contributed by atoms with Gasteiger partial charge in [-0.1, -0.05) is 0 Å². The van der Waals surface area contributed by atoms with E-state index in [1.807, 2.05) is 0 Å². The van der Waals surface area contributed by atoms with Crippen molar-refractivity contribution in [3.8, 4) is 0 Å². The zero-order valence-electron chi connectivity index (χ0n) is 7.92. The van der Waals surface area contributed by atoms with E-state index in [-0.39, 0.29) is 0 Å². The summed E-state index contributed by atoms with van der Waals surface area (Å²) in [6, 6.07) is 0.664. The van der Waals surface area contributed by atoms with Crippen LogP contribution in [0.2, 0.25) is 0 Å². The van der Waals surface area contributed by atoms with Crippen molar-refractivity contribution < 1.29 is 4.74 Å². The maximum absolute atomic E-state index is 5.80. The lowest BCUT2D eigenvalue weighted by atomic mass is 10.1. The lowest BCUT2D eigenvalue weighted by Crippen LogP contribution is -2.59. The van der Waals surface area contributed by atoms with Crippen LogP contribution in [0.3, 0.4) is 0 Å². The minimum absolute atomic E-state index is 0.430. The van der Waals surface area contributed by atoms with Gasteiger partial charge in [-0.15, -0.1) is 0 Å². The highest BCUT2D eigenvalue weighted by atomic mass is 16.5. The van der Waals surface area contributed by atoms with E-state index in [2.05, 4.69) is 24.1 Å². The van der Waals surface area contributed by atoms with Crippen LogP contribution in [-0.4, -0.2) is 49.3 Å². The lowest BCUT2D eigenvalue weighted by Gasteiger charge is -2.43. The summed E-state index contributed by atoms with van der Waals surface area (Å²) in [4.78, 5) is 2.51. The van der Waals surface area contributed by atoms with E-state index < -0.39 is 0 Å². The molecule has 3 nitrogen and oxygen atoms in total. The Labute approximate surface area is 74.1 Å². The van der Waals surface area contributed by atoms with E-state index in [0.29, 0.717) is 18.2 Å². The van der Waals surface area contributed by atoms with Crippen LogP contribution in [0.15, 0.2) is 0 Å². The van der Waals surface area contributed by atoms with Gasteiger partial charge in [0.2, 0.25) is 0 Å². The van der Waals surface area contributed by atoms with Gasteiger partial charge in [0, 0.05) is 32.2 Å². The highest BCUT2D eigenvalue weighted by Gasteiger charge is 2.31. The van der Waals surface area contributed by atoms with Gasteiger partial charge in [0.1, 0.15) is 0 Å². The smallest absolute Gasteiger partial charge is 0.0831 e. The zero-order valence-corrected chi connectivity index (χ0v) is 7.92. The van der Waals surface area contributed by atoms with Gasteiger partial charge < -0.3 is 10.1 Å². The van der Waals surface area contributed by atoms with Gasteiger partial charge in [0.15, 0.2) is 0 Å². The van der Waals surface area contributed by atoms with Crippen molar-refractivity contribution in [2.45, 2.75) is 32.1 Å². The number of fused-ring (bicyclic) bond motifs is 2. The van der Waals surface area contributed by atoms with E-state index in [1.165, 1.54) is 0 Å². The van der Waals surface area contributed by atoms with E-state index in [0.717, 1.165) is 26.2 Å². The first-order valence-electron chi connectivity index (χ1n) is 4.86. The molecule has 2 saturated heterocycles. The summed E-state index contributed by atoms with van der Waals surface area (Å²) in [6.07, 6.45) is 0.861. The second kappa shape index (κ2) is 3.32. The molecule has 0 aromatic carbocycles. The van der Waals surface area contributed by atoms with E-state index in [9.17, 15) is 0 Å². The summed E-state index contributed by atoms with van der Waals surface area (Å²) in [5.41, 5.74) is 0. The average Bonchev–Trinajstić information content (AvgIpc) is 2.03. The molecule has 2 bridgehead atoms. The highest BCUT2D eigenvalue weighted by Crippen LogP contribution is 2.15. The lowest BCUT2D eigenvalue weighted by molar-refractivity contribution is -0.110. The molecule has 12 heavy (non-hydrogen) atoms. The van der Waals surface area contributed by atoms with Crippen LogP contribution in [0.4, 0.5) is 0 Å². The van der Waals surface area contributed by atoms with E-state index in [4.69, 9.17) is 4.74 Å². The minimum Gasteiger partial charge on any atom is -0.370 e. The maximum atomic E-state index is 5.80. The molecule has 0 aromatic heterocycles. The molecule has 2 heterocycles. The molecular formula is C9H18N2O. The second-order valence-corrected chi connectivity index (χ2v) is 4.09. The Morgan fingerprint density at radius 3 is 2.33 bits per heavy atom. The van der Waals surface area contributed by atoms with Gasteiger partial charge in [-0.25, -0.2) is 0 Å². The van der Waals surface area contributed by atoms with Crippen molar-refractivity contribution in [2.75, 3.05) is 26.2 Å². The van der Waals surface area contributed by atoms with Crippen molar-refractivity contribution in [2.24, 2.45) is 0 Å². The average molecular weight is 170 g/mol. The Morgan fingerprint density at radius 2 is 1.83 bits per heavy atom. The summed E-state index contributed by atoms with van der Waals surface area (Å²) in [7, 11) is 0. The summed E-state index contributed by atoms with van der Waals surface area (Å²) < 4.78 is 5.80. The Kier molecular flexibility index (Phi) is 2.35. The predicted octanol–water partition coefficient (Wildman–Crippen LogP) is 0.0674. The van der Waals surface area contributed by atoms with Gasteiger partial charge >= 0.3 is 0 Å². The maximum Gasteiger partial charge on any atom is 0.0831 e. The Morgan fingerprint density at radius 1 is 1.25 bits per heavy atom. The standard InChI is InChI=1S/C9H18N2O/c1-7(2)11-5-8-3-10-4-9(6-11)12-8/h7-10H,3-6H2,1-2H3. The van der Waals surface area contributed by atoms with Gasteiger partial charge in [0.05, 0.1) is 12.2 Å². The van der Waals surface area contributed by atoms with Crippen LogP contribution >= 0.6 is 0 Å². The molecule has 2 unspecified atom stereocenters. The van der Waals surface area contributed by atoms with Crippen LogP contribution < -0.4 is 5.32 Å². The molecular weight excluding hydrogens is 152 g/mol. The molecule has 70 valence electrons. The molecule has 0 aliphatic carbocycles. The first kappa shape index (κ1) is 8.48. The fraction of sp³-hybridized carbons (Fsp3) is 1.00. The number of nitrogens with zero attached hydrogens (tertiary/aromatic N) is 1. The number of nitrogens with one attached hydrogen (secondary N) is 1. The first-order chi connectivity index (χ1) is 5.75. The molecule has 2 atom stereocenters. The number of ether oxygens (including phenoxy) is 1. The van der Waals surface area contributed by atoms with Crippen LogP contribution in [0.25, 0.3) is 0 Å². The fourth-order valence-corrected chi connectivity index (χ4v) is 2.01. The van der Waals surface area contributed by atoms with E-state index >= 15 is 0 Å². The largest absolute Gasteiger partial charge is 0.370 e. The van der Waals surface area contributed by atoms with Crippen LogP contribution in [0.5, 0.6) is 0 Å². The molecule has 0 radical (unpaired) electrons. The molecule has 2 aliphatic heterocycles. The zero-order chi connectivity index (χ0) is 8.55. The second-order valence-electron chi connectivity index (χ2n) is 4.09. The predicted molar refractivity (Wildman–Crippen MR) is 48.2 cm³/mol. The molecule has 0 amide bonds. The Hall–Kier alpha value is -0.120. The SMILES string of the molecule is CC(C)N1CC2CNCC(C1)O2. The van der Waals surface area contributed by atoms with Crippen LogP contribution in [0, 0.1) is 0 Å². The summed E-state index contributed by atoms with van der Waals surface area (Å²) in [6.45, 7) is 8.77. The number of morpholine rings is 2. The summed E-state index contributed by atoms with van der Waals surface area (Å²) >= 11 is 0. The van der Waals surface area contributed by atoms with Crippen molar-refractivity contribution >= 4 is 0 Å².